The molecule has 21 heavy (non-hydrogen) atoms. The maximum Gasteiger partial charge on any atom is 0.261 e. The molecule has 1 saturated carbocycles. The van der Waals surface area contributed by atoms with E-state index in [-0.39, 0.29) is 23.9 Å². The molecule has 1 amide bonds. The number of halogens is 2. The Labute approximate surface area is 136 Å². The zero-order valence-electron chi connectivity index (χ0n) is 12.1. The van der Waals surface area contributed by atoms with Crippen molar-refractivity contribution in [1.82, 2.24) is 5.32 Å². The van der Waals surface area contributed by atoms with Crippen molar-refractivity contribution in [3.8, 4) is 5.75 Å². The van der Waals surface area contributed by atoms with Crippen molar-refractivity contribution >= 4 is 29.9 Å². The lowest BCUT2D eigenvalue weighted by Gasteiger charge is -2.30. The summed E-state index contributed by atoms with van der Waals surface area (Å²) < 4.78 is 5.62. The molecular formula is C15H22Cl2N2O2. The van der Waals surface area contributed by atoms with E-state index in [9.17, 15) is 4.79 Å². The Morgan fingerprint density at radius 2 is 2.14 bits per heavy atom. The Morgan fingerprint density at radius 1 is 1.48 bits per heavy atom. The van der Waals surface area contributed by atoms with Crippen molar-refractivity contribution in [1.29, 1.82) is 0 Å². The highest BCUT2D eigenvalue weighted by Gasteiger charge is 2.35. The first kappa shape index (κ1) is 18.1. The van der Waals surface area contributed by atoms with Crippen LogP contribution in [0.25, 0.3) is 0 Å². The standard InChI is InChI=1S/C15H21ClN2O2.ClH/c1-11(20-13-6-4-5-12(16)9-13)14(19)18-15(10-17)7-2-3-8-15;/h4-6,9,11H,2-3,7-8,10,17H2,1H3,(H,18,19);1H. The van der Waals surface area contributed by atoms with E-state index in [2.05, 4.69) is 5.32 Å². The molecule has 0 saturated heterocycles. The maximum absolute atomic E-state index is 12.2. The average Bonchev–Trinajstić information content (AvgIpc) is 2.88. The number of nitrogens with one attached hydrogen (secondary N) is 1. The molecular weight excluding hydrogens is 311 g/mol. The smallest absolute Gasteiger partial charge is 0.261 e. The number of nitrogens with two attached hydrogens (primary N) is 1. The molecule has 1 aliphatic rings. The van der Waals surface area contributed by atoms with Crippen LogP contribution < -0.4 is 15.8 Å². The molecule has 4 nitrogen and oxygen atoms in total. The van der Waals surface area contributed by atoms with Crippen molar-refractivity contribution < 1.29 is 9.53 Å². The van der Waals surface area contributed by atoms with Crippen LogP contribution in [0.3, 0.4) is 0 Å². The zero-order chi connectivity index (χ0) is 14.6. The third-order valence-electron chi connectivity index (χ3n) is 3.82. The Kier molecular flexibility index (Phi) is 6.78. The molecule has 1 atom stereocenters. The van der Waals surface area contributed by atoms with Crippen molar-refractivity contribution in [2.45, 2.75) is 44.2 Å². The van der Waals surface area contributed by atoms with Crippen LogP contribution in [0, 0.1) is 0 Å². The van der Waals surface area contributed by atoms with Gasteiger partial charge in [-0.1, -0.05) is 30.5 Å². The molecule has 1 aromatic carbocycles. The van der Waals surface area contributed by atoms with E-state index in [0.29, 0.717) is 17.3 Å². The van der Waals surface area contributed by atoms with Gasteiger partial charge in [0.05, 0.1) is 5.54 Å². The molecule has 0 heterocycles. The molecule has 6 heteroatoms. The SMILES string of the molecule is CC(Oc1cccc(Cl)c1)C(=O)NC1(CN)CCCC1.Cl. The molecule has 0 radical (unpaired) electrons. The van der Waals surface area contributed by atoms with E-state index in [1.807, 2.05) is 0 Å². The molecule has 3 N–H and O–H groups in total. The van der Waals surface area contributed by atoms with Crippen LogP contribution >= 0.6 is 24.0 Å². The van der Waals surface area contributed by atoms with Crippen molar-refractivity contribution in [2.24, 2.45) is 5.73 Å². The first-order chi connectivity index (χ1) is 9.54. The predicted molar refractivity (Wildman–Crippen MR) is 87.2 cm³/mol. The maximum atomic E-state index is 12.2. The zero-order valence-corrected chi connectivity index (χ0v) is 13.7. The molecule has 1 unspecified atom stereocenters. The largest absolute Gasteiger partial charge is 0.481 e. The highest BCUT2D eigenvalue weighted by molar-refractivity contribution is 6.30. The van der Waals surface area contributed by atoms with Crippen molar-refractivity contribution in [2.75, 3.05) is 6.54 Å². The Bertz CT molecular complexity index is 476. The summed E-state index contributed by atoms with van der Waals surface area (Å²) in [4.78, 5) is 12.2. The number of rotatable bonds is 5. The van der Waals surface area contributed by atoms with Crippen LogP contribution in [-0.2, 0) is 4.79 Å². The van der Waals surface area contributed by atoms with E-state index in [1.165, 1.54) is 0 Å². The number of amides is 1. The van der Waals surface area contributed by atoms with Gasteiger partial charge in [0.2, 0.25) is 0 Å². The summed E-state index contributed by atoms with van der Waals surface area (Å²) in [6, 6.07) is 7.03. The lowest BCUT2D eigenvalue weighted by molar-refractivity contribution is -0.129. The van der Waals surface area contributed by atoms with Crippen LogP contribution in [0.4, 0.5) is 0 Å². The lowest BCUT2D eigenvalue weighted by Crippen LogP contribution is -2.54. The highest BCUT2D eigenvalue weighted by atomic mass is 35.5. The molecule has 0 spiro atoms. The molecule has 0 aliphatic heterocycles. The average molecular weight is 333 g/mol. The van der Waals surface area contributed by atoms with E-state index in [0.717, 1.165) is 25.7 Å². The summed E-state index contributed by atoms with van der Waals surface area (Å²) in [5, 5.41) is 3.64. The summed E-state index contributed by atoms with van der Waals surface area (Å²) >= 11 is 5.89. The fourth-order valence-corrected chi connectivity index (χ4v) is 2.77. The first-order valence-corrected chi connectivity index (χ1v) is 7.37. The second-order valence-corrected chi connectivity index (χ2v) is 5.83. The summed E-state index contributed by atoms with van der Waals surface area (Å²) in [5.41, 5.74) is 5.57. The quantitative estimate of drug-likeness (QED) is 0.871. The van der Waals surface area contributed by atoms with Gasteiger partial charge in [-0.05, 0) is 38.0 Å². The number of carbonyl (C=O) groups is 1. The predicted octanol–water partition coefficient (Wildman–Crippen LogP) is 2.92. The second-order valence-electron chi connectivity index (χ2n) is 5.40. The number of hydrogen-bond donors (Lipinski definition) is 2. The first-order valence-electron chi connectivity index (χ1n) is 6.99. The number of carbonyl (C=O) groups excluding carboxylic acids is 1. The van der Waals surface area contributed by atoms with Gasteiger partial charge in [-0.2, -0.15) is 0 Å². The van der Waals surface area contributed by atoms with Crippen molar-refractivity contribution in [3.63, 3.8) is 0 Å². The monoisotopic (exact) mass is 332 g/mol. The highest BCUT2D eigenvalue weighted by Crippen LogP contribution is 2.28. The van der Waals surface area contributed by atoms with E-state index in [1.54, 1.807) is 31.2 Å². The van der Waals surface area contributed by atoms with E-state index >= 15 is 0 Å². The van der Waals surface area contributed by atoms with Gasteiger partial charge in [0.15, 0.2) is 6.10 Å². The van der Waals surface area contributed by atoms with Crippen LogP contribution in [0.15, 0.2) is 24.3 Å². The third-order valence-corrected chi connectivity index (χ3v) is 4.05. The van der Waals surface area contributed by atoms with Crippen LogP contribution in [-0.4, -0.2) is 24.1 Å². The van der Waals surface area contributed by atoms with Crippen LogP contribution in [0.5, 0.6) is 5.75 Å². The Hall–Kier alpha value is -0.970. The normalized spacial score (nSPS) is 17.7. The van der Waals surface area contributed by atoms with Gasteiger partial charge in [-0.15, -0.1) is 12.4 Å². The van der Waals surface area contributed by atoms with Gasteiger partial charge in [-0.25, -0.2) is 0 Å². The number of hydrogen-bond acceptors (Lipinski definition) is 3. The summed E-state index contributed by atoms with van der Waals surface area (Å²) in [6.45, 7) is 2.21. The van der Waals surface area contributed by atoms with Crippen LogP contribution in [0.2, 0.25) is 5.02 Å². The van der Waals surface area contributed by atoms with Crippen LogP contribution in [0.1, 0.15) is 32.6 Å². The summed E-state index contributed by atoms with van der Waals surface area (Å²) in [5.74, 6) is 0.464. The Morgan fingerprint density at radius 3 is 2.71 bits per heavy atom. The molecule has 2 rings (SSSR count). The summed E-state index contributed by atoms with van der Waals surface area (Å²) in [7, 11) is 0. The molecule has 1 aliphatic carbocycles. The fraction of sp³-hybridized carbons (Fsp3) is 0.533. The lowest BCUT2D eigenvalue weighted by atomic mass is 9.97. The van der Waals surface area contributed by atoms with Gasteiger partial charge in [-0.3, -0.25) is 4.79 Å². The van der Waals surface area contributed by atoms with Gasteiger partial charge >= 0.3 is 0 Å². The van der Waals surface area contributed by atoms with Gasteiger partial charge in [0, 0.05) is 11.6 Å². The van der Waals surface area contributed by atoms with E-state index < -0.39 is 6.10 Å². The third kappa shape index (κ3) is 4.77. The van der Waals surface area contributed by atoms with Gasteiger partial charge < -0.3 is 15.8 Å². The number of ether oxygens (including phenoxy) is 1. The molecule has 118 valence electrons. The Balaban J connectivity index is 0.00000220. The van der Waals surface area contributed by atoms with Gasteiger partial charge in [0.25, 0.3) is 5.91 Å². The summed E-state index contributed by atoms with van der Waals surface area (Å²) in [6.07, 6.45) is 3.54. The van der Waals surface area contributed by atoms with E-state index in [4.69, 9.17) is 22.1 Å². The molecule has 0 bridgehead atoms. The fourth-order valence-electron chi connectivity index (χ4n) is 2.59. The number of benzene rings is 1. The molecule has 0 aromatic heterocycles. The topological polar surface area (TPSA) is 64.3 Å². The molecule has 1 aromatic rings. The minimum absolute atomic E-state index is 0. The molecule has 1 fully saturated rings. The van der Waals surface area contributed by atoms with Crippen molar-refractivity contribution in [3.05, 3.63) is 29.3 Å². The minimum atomic E-state index is -0.572. The second kappa shape index (κ2) is 7.87. The minimum Gasteiger partial charge on any atom is -0.481 e. The van der Waals surface area contributed by atoms with Gasteiger partial charge in [0.1, 0.15) is 5.75 Å².